The minimum atomic E-state index is -0.364. The van der Waals surface area contributed by atoms with E-state index in [1.165, 1.54) is 27.6 Å². The summed E-state index contributed by atoms with van der Waals surface area (Å²) >= 11 is 0. The smallest absolute Gasteiger partial charge is 0.264 e. The summed E-state index contributed by atoms with van der Waals surface area (Å²) < 4.78 is 22.0. The number of hydrogen-bond donors (Lipinski definition) is 1. The van der Waals surface area contributed by atoms with E-state index in [1.54, 1.807) is 43.3 Å². The summed E-state index contributed by atoms with van der Waals surface area (Å²) in [5, 5.41) is 7.40. The molecular weight excluding hydrogens is 461 g/mol. The Bertz CT molecular complexity index is 1580. The zero-order chi connectivity index (χ0) is 25.1. The van der Waals surface area contributed by atoms with Crippen LogP contribution in [0.4, 0.5) is 10.1 Å². The van der Waals surface area contributed by atoms with Gasteiger partial charge in [0.05, 0.1) is 11.9 Å². The number of benzene rings is 3. The van der Waals surface area contributed by atoms with E-state index in [-0.39, 0.29) is 30.2 Å². The third kappa shape index (κ3) is 4.85. The number of ether oxygens (including phenoxy) is 1. The fraction of sp³-hybridized carbons (Fsp3) is 0.111. The Kier molecular flexibility index (Phi) is 6.27. The molecule has 5 rings (SSSR count). The van der Waals surface area contributed by atoms with Crippen LogP contribution in [0.1, 0.15) is 12.2 Å². The Morgan fingerprint density at radius 3 is 2.39 bits per heavy atom. The number of hydrogen-bond acceptors (Lipinski definition) is 5. The summed E-state index contributed by atoms with van der Waals surface area (Å²) in [6, 6.07) is 22.2. The molecule has 1 N–H and O–H groups in total. The van der Waals surface area contributed by atoms with Gasteiger partial charge in [-0.05, 0) is 67.6 Å². The Morgan fingerprint density at radius 2 is 1.67 bits per heavy atom. The molecule has 180 valence electrons. The van der Waals surface area contributed by atoms with E-state index < -0.39 is 0 Å². The second-order valence-corrected chi connectivity index (χ2v) is 8.12. The normalized spacial score (nSPS) is 10.9. The molecule has 0 spiro atoms. The van der Waals surface area contributed by atoms with E-state index in [0.717, 1.165) is 5.75 Å². The van der Waals surface area contributed by atoms with Gasteiger partial charge in [0.25, 0.3) is 5.56 Å². The number of aryl methyl sites for hydroxylation is 1. The molecule has 0 fully saturated rings. The maximum absolute atomic E-state index is 13.3. The Balaban J connectivity index is 1.26. The highest BCUT2D eigenvalue weighted by molar-refractivity contribution is 5.90. The van der Waals surface area contributed by atoms with E-state index in [1.807, 2.05) is 30.3 Å². The molecule has 0 radical (unpaired) electrons. The van der Waals surface area contributed by atoms with Crippen molar-refractivity contribution in [3.8, 4) is 17.2 Å². The number of carbonyl (C=O) groups excluding carboxylic acids is 1. The van der Waals surface area contributed by atoms with E-state index in [9.17, 15) is 14.0 Å². The molecule has 8 nitrogen and oxygen atoms in total. The fourth-order valence-electron chi connectivity index (χ4n) is 3.81. The summed E-state index contributed by atoms with van der Waals surface area (Å²) in [4.78, 5) is 30.1. The maximum atomic E-state index is 13.3. The van der Waals surface area contributed by atoms with E-state index >= 15 is 0 Å². The van der Waals surface area contributed by atoms with Gasteiger partial charge in [-0.25, -0.2) is 14.1 Å². The summed E-state index contributed by atoms with van der Waals surface area (Å²) in [6.45, 7) is 1.86. The molecular formula is C27H22FN5O3. The first kappa shape index (κ1) is 23.0. The number of anilines is 1. The Morgan fingerprint density at radius 1 is 0.972 bits per heavy atom. The number of halogens is 1. The zero-order valence-corrected chi connectivity index (χ0v) is 19.4. The molecule has 0 saturated carbocycles. The van der Waals surface area contributed by atoms with Crippen molar-refractivity contribution in [3.63, 3.8) is 0 Å². The first-order valence-electron chi connectivity index (χ1n) is 11.3. The Hall–Kier alpha value is -4.79. The molecule has 1 amide bonds. The first-order chi connectivity index (χ1) is 17.5. The number of fused-ring (bicyclic) bond motifs is 1. The quantitative estimate of drug-likeness (QED) is 0.357. The monoisotopic (exact) mass is 483 g/mol. The lowest BCUT2D eigenvalue weighted by molar-refractivity contribution is -0.116. The van der Waals surface area contributed by atoms with Gasteiger partial charge in [-0.2, -0.15) is 5.10 Å². The molecule has 36 heavy (non-hydrogen) atoms. The molecule has 0 bridgehead atoms. The van der Waals surface area contributed by atoms with E-state index in [2.05, 4.69) is 15.4 Å². The van der Waals surface area contributed by atoms with Gasteiger partial charge < -0.3 is 10.1 Å². The fourth-order valence-corrected chi connectivity index (χ4v) is 3.81. The van der Waals surface area contributed by atoms with Crippen LogP contribution < -0.4 is 15.6 Å². The highest BCUT2D eigenvalue weighted by Crippen LogP contribution is 2.22. The van der Waals surface area contributed by atoms with Crippen molar-refractivity contribution in [1.29, 1.82) is 0 Å². The van der Waals surface area contributed by atoms with Gasteiger partial charge in [-0.15, -0.1) is 0 Å². The lowest BCUT2D eigenvalue weighted by Crippen LogP contribution is -2.26. The standard InChI is InChI=1S/C27H22FN5O3/c1-18-30-26-24(17-29-33(26)21-11-7-19(28)8-12-21)27(35)32(18)16-15-25(34)31-20-9-13-23(14-10-20)36-22-5-3-2-4-6-22/h2-14,17H,15-16H2,1H3,(H,31,34). The van der Waals surface area contributed by atoms with E-state index in [0.29, 0.717) is 34.0 Å². The predicted octanol–water partition coefficient (Wildman–Crippen LogP) is 4.85. The van der Waals surface area contributed by atoms with Crippen molar-refractivity contribution in [1.82, 2.24) is 19.3 Å². The lowest BCUT2D eigenvalue weighted by Gasteiger charge is -2.11. The molecule has 0 saturated heterocycles. The van der Waals surface area contributed by atoms with Crippen LogP contribution in [0.2, 0.25) is 0 Å². The van der Waals surface area contributed by atoms with Crippen LogP contribution in [0.15, 0.2) is 89.9 Å². The first-order valence-corrected chi connectivity index (χ1v) is 11.3. The molecule has 9 heteroatoms. The van der Waals surface area contributed by atoms with Crippen LogP contribution >= 0.6 is 0 Å². The molecule has 5 aromatic rings. The lowest BCUT2D eigenvalue weighted by atomic mass is 10.2. The zero-order valence-electron chi connectivity index (χ0n) is 19.4. The largest absolute Gasteiger partial charge is 0.457 e. The summed E-state index contributed by atoms with van der Waals surface area (Å²) in [7, 11) is 0. The van der Waals surface area contributed by atoms with Gasteiger partial charge in [-0.3, -0.25) is 14.2 Å². The predicted molar refractivity (Wildman–Crippen MR) is 134 cm³/mol. The van der Waals surface area contributed by atoms with Gasteiger partial charge in [0, 0.05) is 18.7 Å². The van der Waals surface area contributed by atoms with Crippen molar-refractivity contribution in [2.45, 2.75) is 19.9 Å². The molecule has 3 aromatic carbocycles. The molecule has 0 aliphatic rings. The minimum Gasteiger partial charge on any atom is -0.457 e. The van der Waals surface area contributed by atoms with Crippen LogP contribution in [0.3, 0.4) is 0 Å². The SMILES string of the molecule is Cc1nc2c(cnn2-c2ccc(F)cc2)c(=O)n1CCC(=O)Nc1ccc(Oc2ccccc2)cc1. The Labute approximate surface area is 205 Å². The van der Waals surface area contributed by atoms with E-state index in [4.69, 9.17) is 4.74 Å². The number of para-hydroxylation sites is 1. The number of amides is 1. The topological polar surface area (TPSA) is 91.0 Å². The number of aromatic nitrogens is 4. The van der Waals surface area contributed by atoms with Crippen molar-refractivity contribution >= 4 is 22.6 Å². The van der Waals surface area contributed by atoms with Gasteiger partial charge in [0.2, 0.25) is 5.91 Å². The summed E-state index contributed by atoms with van der Waals surface area (Å²) in [5.41, 5.74) is 1.30. The third-order valence-corrected chi connectivity index (χ3v) is 5.63. The number of carbonyl (C=O) groups is 1. The average Bonchev–Trinajstić information content (AvgIpc) is 3.30. The van der Waals surface area contributed by atoms with Gasteiger partial charge in [-0.1, -0.05) is 18.2 Å². The molecule has 0 atom stereocenters. The second-order valence-electron chi connectivity index (χ2n) is 8.12. The van der Waals surface area contributed by atoms with Crippen molar-refractivity contribution in [3.05, 3.63) is 107 Å². The second kappa shape index (κ2) is 9.83. The third-order valence-electron chi connectivity index (χ3n) is 5.63. The van der Waals surface area contributed by atoms with Crippen LogP contribution in [-0.4, -0.2) is 25.2 Å². The van der Waals surface area contributed by atoms with Crippen LogP contribution in [0.25, 0.3) is 16.7 Å². The number of rotatable bonds is 7. The van der Waals surface area contributed by atoms with Crippen molar-refractivity contribution in [2.75, 3.05) is 5.32 Å². The highest BCUT2D eigenvalue weighted by Gasteiger charge is 2.15. The molecule has 2 heterocycles. The van der Waals surface area contributed by atoms with Crippen molar-refractivity contribution in [2.24, 2.45) is 0 Å². The van der Waals surface area contributed by atoms with Crippen LogP contribution in [-0.2, 0) is 11.3 Å². The molecule has 0 unspecified atom stereocenters. The van der Waals surface area contributed by atoms with Crippen LogP contribution in [0.5, 0.6) is 11.5 Å². The number of nitrogens with one attached hydrogen (secondary N) is 1. The summed E-state index contributed by atoms with van der Waals surface area (Å²) in [6.07, 6.45) is 1.52. The molecule has 0 aliphatic heterocycles. The van der Waals surface area contributed by atoms with Gasteiger partial charge in [0.1, 0.15) is 28.5 Å². The minimum absolute atomic E-state index is 0.0856. The summed E-state index contributed by atoms with van der Waals surface area (Å²) in [5.74, 6) is 1.23. The average molecular weight is 484 g/mol. The molecule has 0 aliphatic carbocycles. The molecule has 2 aromatic heterocycles. The highest BCUT2D eigenvalue weighted by atomic mass is 19.1. The van der Waals surface area contributed by atoms with Gasteiger partial charge >= 0.3 is 0 Å². The number of nitrogens with zero attached hydrogens (tertiary/aromatic N) is 4. The van der Waals surface area contributed by atoms with Gasteiger partial charge in [0.15, 0.2) is 5.65 Å². The van der Waals surface area contributed by atoms with Crippen molar-refractivity contribution < 1.29 is 13.9 Å². The maximum Gasteiger partial charge on any atom is 0.264 e. The van der Waals surface area contributed by atoms with Crippen LogP contribution in [0, 0.1) is 12.7 Å².